The first-order valence-electron chi connectivity index (χ1n) is 8.35. The van der Waals surface area contributed by atoms with Crippen LogP contribution in [0.15, 0.2) is 48.1 Å². The molecule has 7 nitrogen and oxygen atoms in total. The molecule has 0 spiro atoms. The van der Waals surface area contributed by atoms with Crippen LogP contribution in [0.3, 0.4) is 0 Å². The van der Waals surface area contributed by atoms with Crippen LogP contribution in [0.4, 0.5) is 5.82 Å². The van der Waals surface area contributed by atoms with E-state index in [9.17, 15) is 4.79 Å². The zero-order chi connectivity index (χ0) is 18.8. The van der Waals surface area contributed by atoms with Crippen LogP contribution < -0.4 is 5.32 Å². The summed E-state index contributed by atoms with van der Waals surface area (Å²) in [6, 6.07) is 11.7. The van der Waals surface area contributed by atoms with Gasteiger partial charge >= 0.3 is 5.97 Å². The average Bonchev–Trinajstić information content (AvgIpc) is 3.36. The monoisotopic (exact) mass is 379 g/mol. The second kappa shape index (κ2) is 7.16. The van der Waals surface area contributed by atoms with Gasteiger partial charge in [-0.05, 0) is 13.0 Å². The molecule has 1 aromatic carbocycles. The second-order valence-electron chi connectivity index (χ2n) is 5.96. The Kier molecular flexibility index (Phi) is 4.55. The lowest BCUT2D eigenvalue weighted by Crippen LogP contribution is -2.08. The van der Waals surface area contributed by atoms with Gasteiger partial charge < -0.3 is 15.0 Å². The highest BCUT2D eigenvalue weighted by atomic mass is 32.1. The molecule has 0 saturated carbocycles. The Morgan fingerprint density at radius 1 is 1.26 bits per heavy atom. The van der Waals surface area contributed by atoms with Gasteiger partial charge in [0.25, 0.3) is 0 Å². The van der Waals surface area contributed by atoms with Crippen LogP contribution in [0, 0.1) is 0 Å². The van der Waals surface area contributed by atoms with E-state index in [0.717, 1.165) is 21.7 Å². The smallest absolute Gasteiger partial charge is 0.354 e. The number of nitrogens with zero attached hydrogens (tertiary/aromatic N) is 3. The predicted octanol–water partition coefficient (Wildman–Crippen LogP) is 4.04. The number of ether oxygens (including phenoxy) is 1. The highest BCUT2D eigenvalue weighted by molar-refractivity contribution is 7.10. The molecule has 4 rings (SSSR count). The number of esters is 1. The lowest BCUT2D eigenvalue weighted by Gasteiger charge is -2.12. The minimum atomic E-state index is -0.445. The Hall–Kier alpha value is -3.26. The number of anilines is 1. The summed E-state index contributed by atoms with van der Waals surface area (Å²) >= 11 is 1.59. The van der Waals surface area contributed by atoms with Crippen molar-refractivity contribution in [3.8, 4) is 11.3 Å². The van der Waals surface area contributed by atoms with E-state index in [1.807, 2.05) is 42.6 Å². The molecule has 0 aliphatic carbocycles. The molecule has 8 heteroatoms. The molecule has 0 aliphatic heterocycles. The fourth-order valence-electron chi connectivity index (χ4n) is 2.77. The first-order valence-corrected chi connectivity index (χ1v) is 9.23. The highest BCUT2D eigenvalue weighted by Gasteiger charge is 2.17. The van der Waals surface area contributed by atoms with Gasteiger partial charge in [-0.15, -0.1) is 11.3 Å². The highest BCUT2D eigenvalue weighted by Crippen LogP contribution is 2.29. The van der Waals surface area contributed by atoms with Crippen molar-refractivity contribution in [3.63, 3.8) is 0 Å². The number of hydrogen-bond acceptors (Lipinski definition) is 7. The minimum absolute atomic E-state index is 0.0537. The fraction of sp³-hybridized carbons (Fsp3) is 0.158. The molecule has 1 unspecified atom stereocenters. The summed E-state index contributed by atoms with van der Waals surface area (Å²) in [6.07, 6.45) is 1.45. The van der Waals surface area contributed by atoms with Crippen molar-refractivity contribution < 1.29 is 9.53 Å². The zero-order valence-corrected chi connectivity index (χ0v) is 15.6. The van der Waals surface area contributed by atoms with Crippen LogP contribution in [-0.4, -0.2) is 33.0 Å². The molecule has 0 radical (unpaired) electrons. The number of rotatable bonds is 5. The third-order valence-corrected chi connectivity index (χ3v) is 5.17. The van der Waals surface area contributed by atoms with Gasteiger partial charge in [0.15, 0.2) is 0 Å². The van der Waals surface area contributed by atoms with Crippen molar-refractivity contribution in [1.82, 2.24) is 19.9 Å². The summed E-state index contributed by atoms with van der Waals surface area (Å²) < 4.78 is 4.75. The third kappa shape index (κ3) is 3.39. The van der Waals surface area contributed by atoms with Crippen molar-refractivity contribution in [1.29, 1.82) is 0 Å². The minimum Gasteiger partial charge on any atom is -0.464 e. The van der Waals surface area contributed by atoms with E-state index >= 15 is 0 Å². The van der Waals surface area contributed by atoms with Crippen LogP contribution in [0.25, 0.3) is 22.3 Å². The molecule has 3 heterocycles. The topological polar surface area (TPSA) is 92.8 Å². The van der Waals surface area contributed by atoms with Gasteiger partial charge in [0.1, 0.15) is 28.5 Å². The number of carbonyl (C=O) groups is 1. The molecule has 0 amide bonds. The summed E-state index contributed by atoms with van der Waals surface area (Å²) in [6.45, 7) is 2.02. The number of fused-ring (bicyclic) bond motifs is 1. The number of aromatic amines is 1. The van der Waals surface area contributed by atoms with Gasteiger partial charge in [-0.2, -0.15) is 0 Å². The van der Waals surface area contributed by atoms with Crippen molar-refractivity contribution in [3.05, 3.63) is 58.8 Å². The largest absolute Gasteiger partial charge is 0.464 e. The van der Waals surface area contributed by atoms with Crippen molar-refractivity contribution in [2.45, 2.75) is 13.0 Å². The molecular formula is C19H17N5O2S. The van der Waals surface area contributed by atoms with Crippen molar-refractivity contribution in [2.75, 3.05) is 12.4 Å². The third-order valence-electron chi connectivity index (χ3n) is 4.15. The molecule has 0 bridgehead atoms. The number of nitrogens with one attached hydrogen (secondary N) is 2. The lowest BCUT2D eigenvalue weighted by molar-refractivity contribution is 0.0595. The van der Waals surface area contributed by atoms with E-state index in [0.29, 0.717) is 17.2 Å². The van der Waals surface area contributed by atoms with Gasteiger partial charge in [-0.1, -0.05) is 30.3 Å². The molecule has 4 aromatic rings. The van der Waals surface area contributed by atoms with Gasteiger partial charge in [-0.25, -0.2) is 19.7 Å². The zero-order valence-electron chi connectivity index (χ0n) is 14.8. The van der Waals surface area contributed by atoms with Crippen LogP contribution in [-0.2, 0) is 4.74 Å². The van der Waals surface area contributed by atoms with Crippen molar-refractivity contribution in [2.24, 2.45) is 0 Å². The van der Waals surface area contributed by atoms with Gasteiger partial charge in [0.2, 0.25) is 0 Å². The van der Waals surface area contributed by atoms with Crippen LogP contribution in [0.2, 0.25) is 0 Å². The molecule has 3 aromatic heterocycles. The standard InChI is InChI=1S/C19H17N5O2S/c1-11(18-24-15(9-27-18)12-6-4-3-5-7-12)22-16-13-8-14(19(25)26-2)23-17(13)21-10-20-16/h3-11H,1-2H3,(H2,20,21,22,23). The number of methoxy groups -OCH3 is 1. The van der Waals surface area contributed by atoms with Crippen LogP contribution >= 0.6 is 11.3 Å². The summed E-state index contributed by atoms with van der Waals surface area (Å²) in [5.74, 6) is 0.190. The number of aromatic nitrogens is 4. The number of H-pyrrole nitrogens is 1. The maximum Gasteiger partial charge on any atom is 0.354 e. The summed E-state index contributed by atoms with van der Waals surface area (Å²) in [5.41, 5.74) is 2.95. The molecule has 136 valence electrons. The SMILES string of the molecule is COC(=O)c1cc2c(NC(C)c3nc(-c4ccccc4)cs3)ncnc2[nH]1. The van der Waals surface area contributed by atoms with E-state index in [2.05, 4.69) is 20.3 Å². The maximum atomic E-state index is 11.7. The predicted molar refractivity (Wildman–Crippen MR) is 105 cm³/mol. The van der Waals surface area contributed by atoms with Crippen LogP contribution in [0.5, 0.6) is 0 Å². The number of hydrogen-bond donors (Lipinski definition) is 2. The molecule has 0 saturated heterocycles. The number of benzene rings is 1. The summed E-state index contributed by atoms with van der Waals surface area (Å²) in [7, 11) is 1.34. The average molecular weight is 379 g/mol. The van der Waals surface area contributed by atoms with Gasteiger partial charge in [-0.3, -0.25) is 0 Å². The number of thiazole rings is 1. The molecule has 0 fully saturated rings. The molecule has 1 atom stereocenters. The molecule has 2 N–H and O–H groups in total. The van der Waals surface area contributed by atoms with Gasteiger partial charge in [0.05, 0.1) is 24.2 Å². The lowest BCUT2D eigenvalue weighted by atomic mass is 10.2. The Balaban J connectivity index is 1.60. The van der Waals surface area contributed by atoms with E-state index in [-0.39, 0.29) is 6.04 Å². The van der Waals surface area contributed by atoms with Gasteiger partial charge in [0, 0.05) is 10.9 Å². The first kappa shape index (κ1) is 17.2. The van der Waals surface area contributed by atoms with Crippen molar-refractivity contribution >= 4 is 34.2 Å². The van der Waals surface area contributed by atoms with E-state index in [1.165, 1.54) is 13.4 Å². The summed E-state index contributed by atoms with van der Waals surface area (Å²) in [5, 5.41) is 7.08. The first-order chi connectivity index (χ1) is 13.2. The normalized spacial score (nSPS) is 12.1. The maximum absolute atomic E-state index is 11.7. The fourth-order valence-corrected chi connectivity index (χ4v) is 3.60. The quantitative estimate of drug-likeness (QED) is 0.508. The Morgan fingerprint density at radius 3 is 2.85 bits per heavy atom. The van der Waals surface area contributed by atoms with E-state index < -0.39 is 5.97 Å². The summed E-state index contributed by atoms with van der Waals surface area (Å²) in [4.78, 5) is 27.9. The van der Waals surface area contributed by atoms with E-state index in [1.54, 1.807) is 17.4 Å². The molecular weight excluding hydrogens is 362 g/mol. The molecule has 27 heavy (non-hydrogen) atoms. The van der Waals surface area contributed by atoms with E-state index in [4.69, 9.17) is 9.72 Å². The Morgan fingerprint density at radius 2 is 2.07 bits per heavy atom. The van der Waals surface area contributed by atoms with Crippen LogP contribution in [0.1, 0.15) is 28.5 Å². The second-order valence-corrected chi connectivity index (χ2v) is 6.85. The number of carbonyl (C=O) groups excluding carboxylic acids is 1. The Bertz CT molecular complexity index is 1090. The molecule has 0 aliphatic rings. The Labute approximate surface area is 159 Å².